The van der Waals surface area contributed by atoms with Crippen molar-refractivity contribution in [2.24, 2.45) is 5.92 Å². The summed E-state index contributed by atoms with van der Waals surface area (Å²) in [5, 5.41) is 0.375. The van der Waals surface area contributed by atoms with Gasteiger partial charge in [0.1, 0.15) is 22.5 Å². The van der Waals surface area contributed by atoms with Crippen LogP contribution in [-0.2, 0) is 6.54 Å². The molecule has 2 fully saturated rings. The molecule has 2 saturated carbocycles. The highest BCUT2D eigenvalue weighted by Crippen LogP contribution is 2.47. The zero-order valence-electron chi connectivity index (χ0n) is 12.5. The first kappa shape index (κ1) is 13.9. The second kappa shape index (κ2) is 5.16. The molecular weight excluding hydrogens is 300 g/mol. The lowest BCUT2D eigenvalue weighted by molar-refractivity contribution is 0.456. The molecule has 4 rings (SSSR count). The first-order valence-corrected chi connectivity index (χ1v) is 8.13. The third-order valence-electron chi connectivity index (χ3n) is 4.46. The minimum Gasteiger partial charge on any atom is -0.464 e. The Labute approximate surface area is 134 Å². The van der Waals surface area contributed by atoms with Crippen molar-refractivity contribution in [1.82, 2.24) is 9.97 Å². The van der Waals surface area contributed by atoms with Crippen LogP contribution in [0.2, 0.25) is 5.15 Å². The molecule has 2 aromatic rings. The summed E-state index contributed by atoms with van der Waals surface area (Å²) in [6.07, 6.45) is 3.56. The topological polar surface area (TPSA) is 68.2 Å². The highest BCUT2D eigenvalue weighted by molar-refractivity contribution is 6.29. The van der Waals surface area contributed by atoms with Crippen molar-refractivity contribution in [3.8, 4) is 0 Å². The van der Waals surface area contributed by atoms with Crippen LogP contribution in [0, 0.1) is 5.92 Å². The van der Waals surface area contributed by atoms with Gasteiger partial charge in [-0.2, -0.15) is 4.98 Å². The second-order valence-electron chi connectivity index (χ2n) is 6.39. The van der Waals surface area contributed by atoms with Gasteiger partial charge in [-0.15, -0.1) is 0 Å². The fourth-order valence-corrected chi connectivity index (χ4v) is 3.10. The van der Waals surface area contributed by atoms with E-state index in [-0.39, 0.29) is 5.95 Å². The van der Waals surface area contributed by atoms with Gasteiger partial charge in [0, 0.05) is 18.0 Å². The van der Waals surface area contributed by atoms with Crippen LogP contribution in [-0.4, -0.2) is 16.0 Å². The third kappa shape index (κ3) is 2.77. The standard InChI is InChI=1S/C16H19ClN4O/c1-9-6-12(9)13-5-4-11(22-13)8-21(10-2-3-10)15-7-14(17)19-16(18)20-15/h4-5,7,9-10,12H,2-3,6,8H2,1H3,(H2,18,19,20). The van der Waals surface area contributed by atoms with Gasteiger partial charge in [-0.3, -0.25) is 0 Å². The molecule has 2 unspecified atom stereocenters. The van der Waals surface area contributed by atoms with Crippen LogP contribution >= 0.6 is 11.6 Å². The van der Waals surface area contributed by atoms with Crippen molar-refractivity contribution in [1.29, 1.82) is 0 Å². The maximum atomic E-state index is 6.02. The summed E-state index contributed by atoms with van der Waals surface area (Å²) < 4.78 is 6.02. The van der Waals surface area contributed by atoms with E-state index < -0.39 is 0 Å². The molecule has 0 spiro atoms. The number of rotatable bonds is 5. The van der Waals surface area contributed by atoms with Gasteiger partial charge in [0.05, 0.1) is 6.54 Å². The molecule has 0 saturated heterocycles. The van der Waals surface area contributed by atoms with E-state index in [1.165, 1.54) is 6.42 Å². The lowest BCUT2D eigenvalue weighted by atomic mass is 10.3. The van der Waals surface area contributed by atoms with Crippen LogP contribution in [0.25, 0.3) is 0 Å². The van der Waals surface area contributed by atoms with Crippen molar-refractivity contribution in [2.45, 2.75) is 44.7 Å². The van der Waals surface area contributed by atoms with E-state index in [1.807, 2.05) is 0 Å². The van der Waals surface area contributed by atoms with Gasteiger partial charge < -0.3 is 15.1 Å². The van der Waals surface area contributed by atoms with Gasteiger partial charge in [-0.25, -0.2) is 4.98 Å². The lowest BCUT2D eigenvalue weighted by Gasteiger charge is -2.22. The van der Waals surface area contributed by atoms with E-state index in [0.717, 1.165) is 36.1 Å². The molecule has 0 aromatic carbocycles. The van der Waals surface area contributed by atoms with Gasteiger partial charge in [0.2, 0.25) is 5.95 Å². The number of hydrogen-bond donors (Lipinski definition) is 1. The predicted molar refractivity (Wildman–Crippen MR) is 85.9 cm³/mol. The molecule has 22 heavy (non-hydrogen) atoms. The summed E-state index contributed by atoms with van der Waals surface area (Å²) in [5.41, 5.74) is 5.72. The Kier molecular flexibility index (Phi) is 3.26. The summed E-state index contributed by atoms with van der Waals surface area (Å²) >= 11 is 6.01. The normalized spacial score (nSPS) is 23.5. The maximum absolute atomic E-state index is 6.02. The molecule has 6 heteroatoms. The smallest absolute Gasteiger partial charge is 0.223 e. The highest BCUT2D eigenvalue weighted by Gasteiger charge is 2.37. The number of aromatic nitrogens is 2. The van der Waals surface area contributed by atoms with Gasteiger partial charge in [0.25, 0.3) is 0 Å². The zero-order valence-corrected chi connectivity index (χ0v) is 13.3. The lowest BCUT2D eigenvalue weighted by Crippen LogP contribution is -2.26. The first-order valence-electron chi connectivity index (χ1n) is 7.75. The summed E-state index contributed by atoms with van der Waals surface area (Å²) in [6.45, 7) is 2.95. The molecule has 2 aliphatic rings. The number of furan rings is 1. The Morgan fingerprint density at radius 2 is 2.14 bits per heavy atom. The maximum Gasteiger partial charge on any atom is 0.223 e. The van der Waals surface area contributed by atoms with Gasteiger partial charge in [-0.05, 0) is 37.3 Å². The van der Waals surface area contributed by atoms with Crippen LogP contribution < -0.4 is 10.6 Å². The van der Waals surface area contributed by atoms with E-state index in [4.69, 9.17) is 21.8 Å². The predicted octanol–water partition coefficient (Wildman–Crippen LogP) is 3.60. The van der Waals surface area contributed by atoms with Crippen LogP contribution in [0.5, 0.6) is 0 Å². The molecule has 2 aromatic heterocycles. The van der Waals surface area contributed by atoms with E-state index in [0.29, 0.717) is 23.7 Å². The Bertz CT molecular complexity index is 677. The molecule has 2 heterocycles. The fourth-order valence-electron chi connectivity index (χ4n) is 2.92. The van der Waals surface area contributed by atoms with Crippen LogP contribution in [0.4, 0.5) is 11.8 Å². The third-order valence-corrected chi connectivity index (χ3v) is 4.66. The second-order valence-corrected chi connectivity index (χ2v) is 6.78. The molecule has 2 atom stereocenters. The minimum atomic E-state index is 0.208. The van der Waals surface area contributed by atoms with Crippen molar-refractivity contribution in [2.75, 3.05) is 10.6 Å². The number of anilines is 2. The van der Waals surface area contributed by atoms with Gasteiger partial charge in [0.15, 0.2) is 0 Å². The molecule has 0 aliphatic heterocycles. The number of nitrogen functional groups attached to an aromatic ring is 1. The van der Waals surface area contributed by atoms with Crippen LogP contribution in [0.1, 0.15) is 43.6 Å². The number of nitrogens with zero attached hydrogens (tertiary/aromatic N) is 3. The Morgan fingerprint density at radius 1 is 1.36 bits per heavy atom. The Balaban J connectivity index is 1.56. The summed E-state index contributed by atoms with van der Waals surface area (Å²) in [6, 6.07) is 6.43. The van der Waals surface area contributed by atoms with E-state index >= 15 is 0 Å². The summed E-state index contributed by atoms with van der Waals surface area (Å²) in [7, 11) is 0. The Hall–Kier alpha value is -1.75. The molecule has 0 bridgehead atoms. The average Bonchev–Trinajstić information content (AvgIpc) is 3.37. The molecular formula is C16H19ClN4O. The quantitative estimate of drug-likeness (QED) is 0.853. The molecule has 0 radical (unpaired) electrons. The SMILES string of the molecule is CC1CC1c1ccc(CN(c2cc(Cl)nc(N)n2)C2CC2)o1. The molecule has 5 nitrogen and oxygen atoms in total. The minimum absolute atomic E-state index is 0.208. The number of hydrogen-bond acceptors (Lipinski definition) is 5. The summed E-state index contributed by atoms with van der Waals surface area (Å²) in [5.74, 6) is 4.41. The summed E-state index contributed by atoms with van der Waals surface area (Å²) in [4.78, 5) is 10.5. The molecule has 116 valence electrons. The van der Waals surface area contributed by atoms with Crippen molar-refractivity contribution < 1.29 is 4.42 Å². The highest BCUT2D eigenvalue weighted by atomic mass is 35.5. The van der Waals surface area contributed by atoms with Crippen molar-refractivity contribution in [3.05, 3.63) is 34.9 Å². The van der Waals surface area contributed by atoms with E-state index in [2.05, 4.69) is 33.9 Å². The van der Waals surface area contributed by atoms with Crippen LogP contribution in [0.3, 0.4) is 0 Å². The first-order chi connectivity index (χ1) is 10.6. The zero-order chi connectivity index (χ0) is 15.3. The van der Waals surface area contributed by atoms with Gasteiger partial charge in [-0.1, -0.05) is 18.5 Å². The van der Waals surface area contributed by atoms with Crippen molar-refractivity contribution in [3.63, 3.8) is 0 Å². The molecule has 2 N–H and O–H groups in total. The Morgan fingerprint density at radius 3 is 2.77 bits per heavy atom. The molecule has 0 amide bonds. The monoisotopic (exact) mass is 318 g/mol. The molecule has 2 aliphatic carbocycles. The average molecular weight is 319 g/mol. The number of halogens is 1. The number of nitrogens with two attached hydrogens (primary N) is 1. The largest absolute Gasteiger partial charge is 0.464 e. The van der Waals surface area contributed by atoms with E-state index in [1.54, 1.807) is 6.07 Å². The fraction of sp³-hybridized carbons (Fsp3) is 0.500. The van der Waals surface area contributed by atoms with Gasteiger partial charge >= 0.3 is 0 Å². The van der Waals surface area contributed by atoms with Crippen molar-refractivity contribution >= 4 is 23.4 Å². The van der Waals surface area contributed by atoms with E-state index in [9.17, 15) is 0 Å². The van der Waals surface area contributed by atoms with Crippen LogP contribution in [0.15, 0.2) is 22.6 Å².